The van der Waals surface area contributed by atoms with Gasteiger partial charge in [0, 0.05) is 5.56 Å². The van der Waals surface area contributed by atoms with Crippen LogP contribution >= 0.6 is 0 Å². The van der Waals surface area contributed by atoms with Gasteiger partial charge in [-0.1, -0.05) is 26.0 Å². The van der Waals surface area contributed by atoms with Crippen LogP contribution in [0.2, 0.25) is 0 Å². The lowest BCUT2D eigenvalue weighted by Gasteiger charge is -2.12. The maximum atomic E-state index is 11.4. The van der Waals surface area contributed by atoms with Crippen molar-refractivity contribution in [1.29, 1.82) is 5.26 Å². The Morgan fingerprint density at radius 1 is 1.45 bits per heavy atom. The van der Waals surface area contributed by atoms with Crippen LogP contribution in [0.15, 0.2) is 23.8 Å². The van der Waals surface area contributed by atoms with Gasteiger partial charge in [0.25, 0.3) is 0 Å². The standard InChI is InChI=1S/C16H19NO3/c1-5-20-15-9-12(11(2)3)6-7-13(15)8-14(10-17)16(18)19-4/h6-9,11H,5H2,1-4H3. The van der Waals surface area contributed by atoms with Crippen molar-refractivity contribution >= 4 is 12.0 Å². The van der Waals surface area contributed by atoms with E-state index in [1.54, 1.807) is 0 Å². The molecule has 0 aliphatic rings. The molecule has 0 fully saturated rings. The number of methoxy groups -OCH3 is 1. The lowest BCUT2D eigenvalue weighted by Crippen LogP contribution is -2.03. The Bertz CT molecular complexity index is 553. The largest absolute Gasteiger partial charge is 0.493 e. The predicted molar refractivity (Wildman–Crippen MR) is 77.3 cm³/mol. The number of carbonyl (C=O) groups is 1. The number of hydrogen-bond acceptors (Lipinski definition) is 4. The number of benzene rings is 1. The molecule has 0 aromatic heterocycles. The molecule has 1 rings (SSSR count). The number of nitriles is 1. The highest BCUT2D eigenvalue weighted by Crippen LogP contribution is 2.27. The molecular formula is C16H19NO3. The van der Waals surface area contributed by atoms with Gasteiger partial charge in [-0.3, -0.25) is 0 Å². The van der Waals surface area contributed by atoms with Crippen LogP contribution in [-0.4, -0.2) is 19.7 Å². The van der Waals surface area contributed by atoms with E-state index >= 15 is 0 Å². The SMILES string of the molecule is CCOc1cc(C(C)C)ccc1C=C(C#N)C(=O)OC. The molecule has 106 valence electrons. The van der Waals surface area contributed by atoms with E-state index < -0.39 is 5.97 Å². The molecule has 0 N–H and O–H groups in total. The smallest absolute Gasteiger partial charge is 0.348 e. The van der Waals surface area contributed by atoms with E-state index in [0.29, 0.717) is 23.8 Å². The Balaban J connectivity index is 3.26. The fourth-order valence-corrected chi connectivity index (χ4v) is 1.71. The van der Waals surface area contributed by atoms with Crippen molar-refractivity contribution in [2.75, 3.05) is 13.7 Å². The number of esters is 1. The van der Waals surface area contributed by atoms with Gasteiger partial charge in [-0.05, 0) is 30.5 Å². The molecule has 0 unspecified atom stereocenters. The van der Waals surface area contributed by atoms with Crippen molar-refractivity contribution in [1.82, 2.24) is 0 Å². The first-order valence-electron chi connectivity index (χ1n) is 6.50. The second-order valence-electron chi connectivity index (χ2n) is 4.55. The van der Waals surface area contributed by atoms with Crippen LogP contribution in [0, 0.1) is 11.3 Å². The average molecular weight is 273 g/mol. The number of rotatable bonds is 5. The van der Waals surface area contributed by atoms with E-state index in [2.05, 4.69) is 18.6 Å². The van der Waals surface area contributed by atoms with Crippen LogP contribution in [0.3, 0.4) is 0 Å². The summed E-state index contributed by atoms with van der Waals surface area (Å²) in [4.78, 5) is 11.4. The number of ether oxygens (including phenoxy) is 2. The summed E-state index contributed by atoms with van der Waals surface area (Å²) in [6.45, 7) is 6.59. The van der Waals surface area contributed by atoms with Gasteiger partial charge < -0.3 is 9.47 Å². The highest BCUT2D eigenvalue weighted by Gasteiger charge is 2.12. The van der Waals surface area contributed by atoms with E-state index in [9.17, 15) is 4.79 Å². The van der Waals surface area contributed by atoms with Gasteiger partial charge in [-0.25, -0.2) is 4.79 Å². The third-order valence-electron chi connectivity index (χ3n) is 2.83. The number of hydrogen-bond donors (Lipinski definition) is 0. The molecule has 0 bridgehead atoms. The maximum Gasteiger partial charge on any atom is 0.348 e. The van der Waals surface area contributed by atoms with E-state index in [0.717, 1.165) is 5.56 Å². The van der Waals surface area contributed by atoms with Crippen molar-refractivity contribution in [3.05, 3.63) is 34.9 Å². The second-order valence-corrected chi connectivity index (χ2v) is 4.55. The highest BCUT2D eigenvalue weighted by molar-refractivity contribution is 5.98. The van der Waals surface area contributed by atoms with E-state index in [-0.39, 0.29) is 5.57 Å². The molecule has 0 atom stereocenters. The molecule has 20 heavy (non-hydrogen) atoms. The minimum atomic E-state index is -0.650. The number of nitrogens with zero attached hydrogens (tertiary/aromatic N) is 1. The minimum Gasteiger partial charge on any atom is -0.493 e. The molecular weight excluding hydrogens is 254 g/mol. The van der Waals surface area contributed by atoms with Crippen LogP contribution < -0.4 is 4.74 Å². The summed E-state index contributed by atoms with van der Waals surface area (Å²) in [6, 6.07) is 7.59. The maximum absolute atomic E-state index is 11.4. The average Bonchev–Trinajstić information content (AvgIpc) is 2.45. The second kappa shape index (κ2) is 7.34. The Kier molecular flexibility index (Phi) is 5.79. The van der Waals surface area contributed by atoms with Gasteiger partial charge in [0.1, 0.15) is 17.4 Å². The predicted octanol–water partition coefficient (Wildman–Crippen LogP) is 3.29. The van der Waals surface area contributed by atoms with Gasteiger partial charge in [-0.2, -0.15) is 5.26 Å². The Morgan fingerprint density at radius 2 is 2.15 bits per heavy atom. The fourth-order valence-electron chi connectivity index (χ4n) is 1.71. The van der Waals surface area contributed by atoms with Gasteiger partial charge in [0.2, 0.25) is 0 Å². The Morgan fingerprint density at radius 3 is 2.65 bits per heavy atom. The van der Waals surface area contributed by atoms with Gasteiger partial charge >= 0.3 is 5.97 Å². The van der Waals surface area contributed by atoms with E-state index in [4.69, 9.17) is 10.00 Å². The summed E-state index contributed by atoms with van der Waals surface area (Å²) in [5.74, 6) is 0.390. The number of carbonyl (C=O) groups excluding carboxylic acids is 1. The molecule has 4 heteroatoms. The van der Waals surface area contributed by atoms with Gasteiger partial charge in [0.15, 0.2) is 0 Å². The fraction of sp³-hybridized carbons (Fsp3) is 0.375. The Hall–Kier alpha value is -2.28. The zero-order chi connectivity index (χ0) is 15.1. The normalized spacial score (nSPS) is 11.1. The van der Waals surface area contributed by atoms with Crippen LogP contribution in [-0.2, 0) is 9.53 Å². The van der Waals surface area contributed by atoms with Crippen LogP contribution in [0.1, 0.15) is 37.8 Å². The summed E-state index contributed by atoms with van der Waals surface area (Å²) >= 11 is 0. The molecule has 0 spiro atoms. The quantitative estimate of drug-likeness (QED) is 0.469. The molecule has 0 radical (unpaired) electrons. The first kappa shape index (κ1) is 15.8. The molecule has 0 saturated carbocycles. The topological polar surface area (TPSA) is 59.3 Å². The first-order valence-corrected chi connectivity index (χ1v) is 6.50. The molecule has 1 aromatic rings. The van der Waals surface area contributed by atoms with Crippen LogP contribution in [0.25, 0.3) is 6.08 Å². The Labute approximate surface area is 119 Å². The van der Waals surface area contributed by atoms with Crippen molar-refractivity contribution < 1.29 is 14.3 Å². The van der Waals surface area contributed by atoms with Crippen molar-refractivity contribution in [2.45, 2.75) is 26.7 Å². The summed E-state index contributed by atoms with van der Waals surface area (Å²) in [6.07, 6.45) is 1.49. The van der Waals surface area contributed by atoms with E-state index in [1.165, 1.54) is 13.2 Å². The lowest BCUT2D eigenvalue weighted by atomic mass is 10.00. The molecule has 0 aliphatic carbocycles. The zero-order valence-electron chi connectivity index (χ0n) is 12.3. The lowest BCUT2D eigenvalue weighted by molar-refractivity contribution is -0.135. The minimum absolute atomic E-state index is 0.0502. The van der Waals surface area contributed by atoms with Crippen molar-refractivity contribution in [3.63, 3.8) is 0 Å². The van der Waals surface area contributed by atoms with Gasteiger partial charge in [-0.15, -0.1) is 0 Å². The molecule has 0 aliphatic heterocycles. The third-order valence-corrected chi connectivity index (χ3v) is 2.83. The van der Waals surface area contributed by atoms with Crippen molar-refractivity contribution in [2.24, 2.45) is 0 Å². The summed E-state index contributed by atoms with van der Waals surface area (Å²) < 4.78 is 10.1. The first-order chi connectivity index (χ1) is 9.53. The highest BCUT2D eigenvalue weighted by atomic mass is 16.5. The third kappa shape index (κ3) is 3.86. The molecule has 0 amide bonds. The molecule has 0 saturated heterocycles. The van der Waals surface area contributed by atoms with Crippen LogP contribution in [0.5, 0.6) is 5.75 Å². The molecule has 0 heterocycles. The van der Waals surface area contributed by atoms with Crippen molar-refractivity contribution in [3.8, 4) is 11.8 Å². The zero-order valence-corrected chi connectivity index (χ0v) is 12.3. The van der Waals surface area contributed by atoms with Crippen LogP contribution in [0.4, 0.5) is 0 Å². The monoisotopic (exact) mass is 273 g/mol. The van der Waals surface area contributed by atoms with Gasteiger partial charge in [0.05, 0.1) is 13.7 Å². The summed E-state index contributed by atoms with van der Waals surface area (Å²) in [5.41, 5.74) is 1.78. The summed E-state index contributed by atoms with van der Waals surface area (Å²) in [5, 5.41) is 8.99. The molecule has 1 aromatic carbocycles. The summed E-state index contributed by atoms with van der Waals surface area (Å²) in [7, 11) is 1.25. The molecule has 4 nitrogen and oxygen atoms in total. The van der Waals surface area contributed by atoms with E-state index in [1.807, 2.05) is 31.2 Å².